The fourth-order valence-corrected chi connectivity index (χ4v) is 3.22. The molecule has 0 aromatic heterocycles. The molecule has 14 heavy (non-hydrogen) atoms. The molecule has 2 radical (unpaired) electrons. The average Bonchev–Trinajstić information content (AvgIpc) is 2.74. The molecule has 76 valence electrons. The summed E-state index contributed by atoms with van der Waals surface area (Å²) in [5.41, 5.74) is 0. The predicted molar refractivity (Wildman–Crippen MR) is 62.4 cm³/mol. The number of fused-ring (bicyclic) bond motifs is 2. The molecule has 0 N–H and O–H groups in total. The summed E-state index contributed by atoms with van der Waals surface area (Å²) in [6.07, 6.45) is 10.3. The van der Waals surface area contributed by atoms with E-state index in [0.717, 1.165) is 23.7 Å². The van der Waals surface area contributed by atoms with Crippen LogP contribution >= 0.6 is 0 Å². The van der Waals surface area contributed by atoms with E-state index in [1.54, 1.807) is 0 Å². The van der Waals surface area contributed by atoms with Crippen LogP contribution in [0.5, 0.6) is 0 Å². The van der Waals surface area contributed by atoms with Gasteiger partial charge in [-0.3, -0.25) is 0 Å². The molecule has 0 aliphatic heterocycles. The normalized spacial score (nSPS) is 38.9. The van der Waals surface area contributed by atoms with Gasteiger partial charge in [0.2, 0.25) is 0 Å². The second-order valence-electron chi connectivity index (χ2n) is 5.48. The zero-order valence-electron chi connectivity index (χ0n) is 9.45. The van der Waals surface area contributed by atoms with Gasteiger partial charge in [0.15, 0.2) is 0 Å². The third-order valence-electron chi connectivity index (χ3n) is 4.14. The summed E-state index contributed by atoms with van der Waals surface area (Å²) in [7, 11) is 5.80. The summed E-state index contributed by atoms with van der Waals surface area (Å²) in [5, 5.41) is 0. The van der Waals surface area contributed by atoms with E-state index >= 15 is 0 Å². The fraction of sp³-hybridized carbons (Fsp3) is 0.846. The zero-order valence-corrected chi connectivity index (χ0v) is 9.45. The van der Waals surface area contributed by atoms with Crippen LogP contribution in [0.4, 0.5) is 0 Å². The van der Waals surface area contributed by atoms with Crippen molar-refractivity contribution in [1.82, 2.24) is 0 Å². The third-order valence-corrected chi connectivity index (χ3v) is 4.14. The molecule has 0 aromatic carbocycles. The van der Waals surface area contributed by atoms with E-state index in [4.69, 9.17) is 7.85 Å². The molecule has 0 spiro atoms. The number of allylic oxidation sites excluding steroid dienone is 2. The van der Waals surface area contributed by atoms with Crippen LogP contribution in [-0.2, 0) is 0 Å². The first kappa shape index (κ1) is 10.3. The second kappa shape index (κ2) is 4.12. The summed E-state index contributed by atoms with van der Waals surface area (Å²) in [4.78, 5) is 0. The van der Waals surface area contributed by atoms with Crippen molar-refractivity contribution in [3.63, 3.8) is 0 Å². The van der Waals surface area contributed by atoms with Gasteiger partial charge < -0.3 is 0 Å². The van der Waals surface area contributed by atoms with E-state index < -0.39 is 0 Å². The highest BCUT2D eigenvalue weighted by molar-refractivity contribution is 6.11. The minimum atomic E-state index is 0.381. The van der Waals surface area contributed by atoms with Crippen LogP contribution in [0.25, 0.3) is 0 Å². The summed E-state index contributed by atoms with van der Waals surface area (Å²) in [6.45, 7) is 4.54. The smallest absolute Gasteiger partial charge is 0.0695 e. The number of rotatable bonds is 4. The van der Waals surface area contributed by atoms with Crippen LogP contribution in [0.3, 0.4) is 0 Å². The molecular weight excluding hydrogens is 167 g/mol. The Hall–Kier alpha value is -0.195. The van der Waals surface area contributed by atoms with Gasteiger partial charge in [-0.05, 0) is 36.5 Å². The molecule has 5 atom stereocenters. The van der Waals surface area contributed by atoms with Crippen LogP contribution in [0, 0.1) is 23.7 Å². The maximum Gasteiger partial charge on any atom is 0.0695 e. The maximum absolute atomic E-state index is 5.80. The monoisotopic (exact) mass is 188 g/mol. The molecule has 1 saturated carbocycles. The van der Waals surface area contributed by atoms with Crippen LogP contribution in [0.1, 0.15) is 39.5 Å². The van der Waals surface area contributed by atoms with Crippen LogP contribution in [-0.4, -0.2) is 7.85 Å². The molecule has 0 amide bonds. The molecule has 2 aliphatic rings. The average molecular weight is 188 g/mol. The van der Waals surface area contributed by atoms with Crippen molar-refractivity contribution in [1.29, 1.82) is 0 Å². The lowest BCUT2D eigenvalue weighted by atomic mass is 9.77. The minimum absolute atomic E-state index is 0.381. The van der Waals surface area contributed by atoms with Gasteiger partial charge in [0, 0.05) is 0 Å². The summed E-state index contributed by atoms with van der Waals surface area (Å²) >= 11 is 0. The largest absolute Gasteiger partial charge is 0.0851 e. The van der Waals surface area contributed by atoms with E-state index in [-0.39, 0.29) is 0 Å². The van der Waals surface area contributed by atoms with Crippen molar-refractivity contribution in [3.05, 3.63) is 12.2 Å². The Morgan fingerprint density at radius 3 is 2.50 bits per heavy atom. The fourth-order valence-electron chi connectivity index (χ4n) is 3.22. The van der Waals surface area contributed by atoms with Crippen LogP contribution < -0.4 is 0 Å². The lowest BCUT2D eigenvalue weighted by Crippen LogP contribution is -2.16. The standard InChI is InChI=1S/C13H21B/c1-9(3-4-10(2)14)13-8-11-5-6-12(13)7-11/h5-6,9-13H,3-4,7-8H2,1-2H3. The van der Waals surface area contributed by atoms with Gasteiger partial charge in [0.05, 0.1) is 7.85 Å². The SMILES string of the molecule is [B]C(C)CCC(C)C1CC2C=CC1C2. The first-order valence-corrected chi connectivity index (χ1v) is 6.10. The summed E-state index contributed by atoms with van der Waals surface area (Å²) in [5.74, 6) is 4.04. The van der Waals surface area contributed by atoms with E-state index in [1.165, 1.54) is 25.7 Å². The van der Waals surface area contributed by atoms with Crippen LogP contribution in [0.2, 0.25) is 5.82 Å². The highest BCUT2D eigenvalue weighted by Crippen LogP contribution is 2.47. The highest BCUT2D eigenvalue weighted by Gasteiger charge is 2.37. The maximum atomic E-state index is 5.80. The Kier molecular flexibility index (Phi) is 3.04. The Morgan fingerprint density at radius 1 is 1.21 bits per heavy atom. The molecule has 0 saturated heterocycles. The summed E-state index contributed by atoms with van der Waals surface area (Å²) < 4.78 is 0. The van der Waals surface area contributed by atoms with Gasteiger partial charge in [0.25, 0.3) is 0 Å². The quantitative estimate of drug-likeness (QED) is 0.467. The van der Waals surface area contributed by atoms with Crippen LogP contribution in [0.15, 0.2) is 12.2 Å². The van der Waals surface area contributed by atoms with Crippen molar-refractivity contribution in [3.8, 4) is 0 Å². The molecule has 2 aliphatic carbocycles. The van der Waals surface area contributed by atoms with Crippen molar-refractivity contribution in [2.24, 2.45) is 23.7 Å². The highest BCUT2D eigenvalue weighted by atomic mass is 14.4. The molecule has 1 heteroatoms. The minimum Gasteiger partial charge on any atom is -0.0851 e. The van der Waals surface area contributed by atoms with Crippen molar-refractivity contribution in [2.75, 3.05) is 0 Å². The molecule has 1 fully saturated rings. The molecule has 0 aromatic rings. The second-order valence-corrected chi connectivity index (χ2v) is 5.48. The van der Waals surface area contributed by atoms with Gasteiger partial charge in [-0.15, -0.1) is 0 Å². The Morgan fingerprint density at radius 2 is 2.00 bits per heavy atom. The lowest BCUT2D eigenvalue weighted by molar-refractivity contribution is 0.287. The van der Waals surface area contributed by atoms with Gasteiger partial charge in [-0.2, -0.15) is 0 Å². The van der Waals surface area contributed by atoms with Crippen molar-refractivity contribution >= 4 is 7.85 Å². The van der Waals surface area contributed by atoms with Gasteiger partial charge in [-0.25, -0.2) is 0 Å². The Bertz CT molecular complexity index is 219. The molecular formula is C13H21B. The predicted octanol–water partition coefficient (Wildman–Crippen LogP) is 3.59. The van der Waals surface area contributed by atoms with E-state index in [0.29, 0.717) is 5.82 Å². The topological polar surface area (TPSA) is 0 Å². The Labute approximate surface area is 89.6 Å². The van der Waals surface area contributed by atoms with Crippen molar-refractivity contribution in [2.45, 2.75) is 45.3 Å². The molecule has 0 nitrogen and oxygen atoms in total. The first-order chi connectivity index (χ1) is 6.66. The third kappa shape index (κ3) is 2.07. The van der Waals surface area contributed by atoms with Gasteiger partial charge in [0.1, 0.15) is 0 Å². The molecule has 0 heterocycles. The van der Waals surface area contributed by atoms with Crippen molar-refractivity contribution < 1.29 is 0 Å². The van der Waals surface area contributed by atoms with E-state index in [2.05, 4.69) is 26.0 Å². The number of hydrogen-bond donors (Lipinski definition) is 0. The molecule has 2 rings (SSSR count). The molecule has 2 bridgehead atoms. The van der Waals surface area contributed by atoms with E-state index in [1.807, 2.05) is 0 Å². The van der Waals surface area contributed by atoms with E-state index in [9.17, 15) is 0 Å². The van der Waals surface area contributed by atoms with Gasteiger partial charge >= 0.3 is 0 Å². The summed E-state index contributed by atoms with van der Waals surface area (Å²) in [6, 6.07) is 0. The lowest BCUT2D eigenvalue weighted by Gasteiger charge is -2.25. The first-order valence-electron chi connectivity index (χ1n) is 6.10. The zero-order chi connectivity index (χ0) is 10.1. The molecule has 5 unspecified atom stereocenters. The van der Waals surface area contributed by atoms with Gasteiger partial charge in [-0.1, -0.05) is 44.7 Å². The Balaban J connectivity index is 1.81. The number of hydrogen-bond acceptors (Lipinski definition) is 0.